The van der Waals surface area contributed by atoms with Crippen LogP contribution in [0.1, 0.15) is 18.5 Å². The van der Waals surface area contributed by atoms with E-state index in [9.17, 15) is 13.2 Å². The molecule has 0 aromatic carbocycles. The summed E-state index contributed by atoms with van der Waals surface area (Å²) in [7, 11) is -3.27. The van der Waals surface area contributed by atoms with Gasteiger partial charge < -0.3 is 10.4 Å². The Balaban J connectivity index is 2.28. The Labute approximate surface area is 98.6 Å². The largest absolute Gasteiger partial charge is 0.465 e. The van der Waals surface area contributed by atoms with Crippen molar-refractivity contribution in [1.29, 1.82) is 0 Å². The molecule has 1 aromatic heterocycles. The van der Waals surface area contributed by atoms with Gasteiger partial charge in [0.2, 0.25) is 0 Å². The molecule has 1 heterocycles. The average molecular weight is 256 g/mol. The van der Waals surface area contributed by atoms with Crippen LogP contribution in [0, 0.1) is 0 Å². The number of sulfone groups is 1. The van der Waals surface area contributed by atoms with E-state index in [2.05, 4.69) is 10.3 Å². The molecule has 7 heteroatoms. The lowest BCUT2D eigenvalue weighted by Crippen LogP contribution is -2.34. The van der Waals surface area contributed by atoms with Crippen molar-refractivity contribution in [2.45, 2.75) is 23.3 Å². The molecular weight excluding hydrogens is 244 g/mol. The van der Waals surface area contributed by atoms with Crippen molar-refractivity contribution >= 4 is 15.9 Å². The smallest absolute Gasteiger partial charge is 0.405 e. The third-order valence-corrected chi connectivity index (χ3v) is 3.85. The normalized spacial score (nSPS) is 17.5. The molecule has 0 bridgehead atoms. The summed E-state index contributed by atoms with van der Waals surface area (Å²) in [6.45, 7) is 0. The second-order valence-corrected chi connectivity index (χ2v) is 6.18. The Kier molecular flexibility index (Phi) is 2.57. The number of carbonyl (C=O) groups is 1. The Bertz CT molecular complexity index is 546. The van der Waals surface area contributed by atoms with Crippen molar-refractivity contribution in [3.8, 4) is 0 Å². The summed E-state index contributed by atoms with van der Waals surface area (Å²) < 4.78 is 22.5. The first-order valence-corrected chi connectivity index (χ1v) is 6.90. The van der Waals surface area contributed by atoms with Crippen molar-refractivity contribution < 1.29 is 18.3 Å². The zero-order chi connectivity index (χ0) is 12.7. The Morgan fingerprint density at radius 3 is 2.47 bits per heavy atom. The van der Waals surface area contributed by atoms with Crippen LogP contribution in [-0.2, 0) is 15.4 Å². The maximum Gasteiger partial charge on any atom is 0.405 e. The topological polar surface area (TPSA) is 96.4 Å². The van der Waals surface area contributed by atoms with Gasteiger partial charge >= 0.3 is 6.09 Å². The first-order chi connectivity index (χ1) is 7.83. The quantitative estimate of drug-likeness (QED) is 0.831. The molecule has 0 aliphatic heterocycles. The number of hydrogen-bond donors (Lipinski definition) is 2. The van der Waals surface area contributed by atoms with E-state index in [1.165, 1.54) is 12.3 Å². The number of pyridine rings is 1. The molecule has 1 aliphatic rings. The van der Waals surface area contributed by atoms with Crippen LogP contribution in [0.2, 0.25) is 0 Å². The summed E-state index contributed by atoms with van der Waals surface area (Å²) in [5, 5.41) is 11.1. The van der Waals surface area contributed by atoms with Gasteiger partial charge in [-0.1, -0.05) is 0 Å². The number of nitrogens with one attached hydrogen (secondary N) is 1. The molecule has 0 saturated heterocycles. The number of rotatable bonds is 3. The highest BCUT2D eigenvalue weighted by molar-refractivity contribution is 7.90. The summed E-state index contributed by atoms with van der Waals surface area (Å²) in [5.74, 6) is 0. The third-order valence-electron chi connectivity index (χ3n) is 2.75. The molecule has 92 valence electrons. The van der Waals surface area contributed by atoms with Crippen molar-refractivity contribution in [2.24, 2.45) is 0 Å². The number of amides is 1. The van der Waals surface area contributed by atoms with Gasteiger partial charge in [-0.05, 0) is 25.0 Å². The highest BCUT2D eigenvalue weighted by Gasteiger charge is 2.47. The molecule has 1 fully saturated rings. The SMILES string of the molecule is CS(=O)(=O)c1ccc(C2(NC(=O)O)CC2)nc1. The van der Waals surface area contributed by atoms with Gasteiger partial charge in [0.05, 0.1) is 16.1 Å². The van der Waals surface area contributed by atoms with Crippen molar-refractivity contribution in [3.05, 3.63) is 24.0 Å². The van der Waals surface area contributed by atoms with Gasteiger partial charge in [0.1, 0.15) is 0 Å². The van der Waals surface area contributed by atoms with Crippen LogP contribution in [0.5, 0.6) is 0 Å². The van der Waals surface area contributed by atoms with Crippen LogP contribution < -0.4 is 5.32 Å². The van der Waals surface area contributed by atoms with Crippen LogP contribution in [0.3, 0.4) is 0 Å². The molecule has 1 aromatic rings. The minimum Gasteiger partial charge on any atom is -0.465 e. The maximum absolute atomic E-state index is 11.2. The molecule has 1 amide bonds. The number of aromatic nitrogens is 1. The molecule has 0 unspecified atom stereocenters. The van der Waals surface area contributed by atoms with Gasteiger partial charge in [-0.2, -0.15) is 0 Å². The van der Waals surface area contributed by atoms with Gasteiger partial charge in [-0.25, -0.2) is 13.2 Å². The van der Waals surface area contributed by atoms with Gasteiger partial charge in [0, 0.05) is 12.5 Å². The van der Waals surface area contributed by atoms with Crippen LogP contribution in [-0.4, -0.2) is 30.9 Å². The van der Waals surface area contributed by atoms with Crippen LogP contribution in [0.4, 0.5) is 4.79 Å². The van der Waals surface area contributed by atoms with E-state index in [4.69, 9.17) is 5.11 Å². The molecule has 17 heavy (non-hydrogen) atoms. The molecule has 0 radical (unpaired) electrons. The molecule has 2 N–H and O–H groups in total. The highest BCUT2D eigenvalue weighted by atomic mass is 32.2. The van der Waals surface area contributed by atoms with Crippen LogP contribution in [0.25, 0.3) is 0 Å². The van der Waals surface area contributed by atoms with Crippen molar-refractivity contribution in [3.63, 3.8) is 0 Å². The van der Waals surface area contributed by atoms with Crippen molar-refractivity contribution in [2.75, 3.05) is 6.26 Å². The predicted molar refractivity (Wildman–Crippen MR) is 59.4 cm³/mol. The summed E-state index contributed by atoms with van der Waals surface area (Å²) in [6, 6.07) is 3.00. The molecule has 2 rings (SSSR count). The molecular formula is C10H12N2O4S. The number of hydrogen-bond acceptors (Lipinski definition) is 4. The van der Waals surface area contributed by atoms with E-state index >= 15 is 0 Å². The molecule has 6 nitrogen and oxygen atoms in total. The molecule has 1 aliphatic carbocycles. The second kappa shape index (κ2) is 3.69. The third kappa shape index (κ3) is 2.38. The lowest BCUT2D eigenvalue weighted by molar-refractivity contribution is 0.188. The highest BCUT2D eigenvalue weighted by Crippen LogP contribution is 2.44. The first kappa shape index (κ1) is 11.8. The molecule has 0 spiro atoms. The number of carboxylic acid groups (broad SMARTS) is 1. The van der Waals surface area contributed by atoms with E-state index < -0.39 is 21.5 Å². The minimum atomic E-state index is -3.27. The van der Waals surface area contributed by atoms with Crippen LogP contribution in [0.15, 0.2) is 23.2 Å². The summed E-state index contributed by atoms with van der Waals surface area (Å²) in [4.78, 5) is 14.8. The summed E-state index contributed by atoms with van der Waals surface area (Å²) >= 11 is 0. The van der Waals surface area contributed by atoms with E-state index in [1.807, 2.05) is 0 Å². The monoisotopic (exact) mass is 256 g/mol. The second-order valence-electron chi connectivity index (χ2n) is 4.16. The van der Waals surface area contributed by atoms with Gasteiger partial charge in [0.15, 0.2) is 9.84 Å². The van der Waals surface area contributed by atoms with Crippen molar-refractivity contribution in [1.82, 2.24) is 10.3 Å². The number of nitrogens with zero attached hydrogens (tertiary/aromatic N) is 1. The molecule has 0 atom stereocenters. The van der Waals surface area contributed by atoms with Gasteiger partial charge in [0.25, 0.3) is 0 Å². The minimum absolute atomic E-state index is 0.132. The average Bonchev–Trinajstić information content (AvgIpc) is 2.97. The van der Waals surface area contributed by atoms with E-state index in [0.717, 1.165) is 6.26 Å². The lowest BCUT2D eigenvalue weighted by Gasteiger charge is -2.14. The Morgan fingerprint density at radius 1 is 1.47 bits per heavy atom. The fraction of sp³-hybridized carbons (Fsp3) is 0.400. The standard InChI is InChI=1S/C10H12N2O4S/c1-17(15,16)7-2-3-8(11-6-7)10(4-5-10)12-9(13)14/h2-3,6,12H,4-5H2,1H3,(H,13,14). The van der Waals surface area contributed by atoms with Gasteiger partial charge in [-0.3, -0.25) is 4.98 Å². The summed E-state index contributed by atoms with van der Waals surface area (Å²) in [5.41, 5.74) is -0.0608. The fourth-order valence-electron chi connectivity index (χ4n) is 1.66. The maximum atomic E-state index is 11.2. The fourth-order valence-corrected chi connectivity index (χ4v) is 2.22. The van der Waals surface area contributed by atoms with Crippen LogP contribution >= 0.6 is 0 Å². The molecule has 1 saturated carbocycles. The Hall–Kier alpha value is -1.63. The predicted octanol–water partition coefficient (Wildman–Crippen LogP) is 0.742. The summed E-state index contributed by atoms with van der Waals surface area (Å²) in [6.07, 6.45) is 2.63. The zero-order valence-electron chi connectivity index (χ0n) is 9.17. The first-order valence-electron chi connectivity index (χ1n) is 5.01. The lowest BCUT2D eigenvalue weighted by atomic mass is 10.1. The van der Waals surface area contributed by atoms with E-state index in [-0.39, 0.29) is 4.90 Å². The zero-order valence-corrected chi connectivity index (χ0v) is 9.99. The van der Waals surface area contributed by atoms with Gasteiger partial charge in [-0.15, -0.1) is 0 Å². The van der Waals surface area contributed by atoms with E-state index in [1.54, 1.807) is 6.07 Å². The van der Waals surface area contributed by atoms with E-state index in [0.29, 0.717) is 18.5 Å². The Morgan fingerprint density at radius 2 is 2.12 bits per heavy atom.